The number of allylic oxidation sites excluding steroid dienone is 10. The number of rotatable bonds is 9. The van der Waals surface area contributed by atoms with Crippen LogP contribution in [0.1, 0.15) is 6.42 Å². The first-order chi connectivity index (χ1) is 9.15. The molecule has 0 rings (SSSR count). The van der Waals surface area contributed by atoms with Crippen molar-refractivity contribution in [2.24, 2.45) is 0 Å². The molecule has 2 nitrogen and oxygen atoms in total. The molecule has 0 aromatic carbocycles. The first kappa shape index (κ1) is 16.6. The summed E-state index contributed by atoms with van der Waals surface area (Å²) in [5.74, 6) is 0. The summed E-state index contributed by atoms with van der Waals surface area (Å²) in [5, 5.41) is 6.95. The molecule has 0 radical (unpaired) electrons. The van der Waals surface area contributed by atoms with Crippen LogP contribution in [-0.2, 0) is 4.74 Å². The SMILES string of the molecule is C=C/C=C\C(=C)C(=C)/C=C(\C=C/OC)C/C=C\C=N. The van der Waals surface area contributed by atoms with Crippen molar-refractivity contribution >= 4 is 6.21 Å². The Balaban J connectivity index is 4.91. The third-order valence-electron chi connectivity index (χ3n) is 2.21. The predicted molar refractivity (Wildman–Crippen MR) is 84.4 cm³/mol. The first-order valence-electron chi connectivity index (χ1n) is 5.88. The highest BCUT2D eigenvalue weighted by atomic mass is 16.5. The molecule has 0 aliphatic rings. The summed E-state index contributed by atoms with van der Waals surface area (Å²) in [4.78, 5) is 0. The zero-order valence-electron chi connectivity index (χ0n) is 11.4. The molecule has 1 N–H and O–H groups in total. The number of ether oxygens (including phenoxy) is 1. The van der Waals surface area contributed by atoms with E-state index in [9.17, 15) is 0 Å². The van der Waals surface area contributed by atoms with E-state index in [1.165, 1.54) is 6.21 Å². The van der Waals surface area contributed by atoms with Crippen molar-refractivity contribution in [3.05, 3.63) is 85.3 Å². The molecule has 0 aliphatic carbocycles. The fourth-order valence-electron chi connectivity index (χ4n) is 1.21. The quantitative estimate of drug-likeness (QED) is 0.366. The second-order valence-corrected chi connectivity index (χ2v) is 3.70. The van der Waals surface area contributed by atoms with Crippen LogP contribution >= 0.6 is 0 Å². The highest BCUT2D eigenvalue weighted by Crippen LogP contribution is 2.14. The van der Waals surface area contributed by atoms with E-state index in [4.69, 9.17) is 10.1 Å². The lowest BCUT2D eigenvalue weighted by atomic mass is 10.0. The van der Waals surface area contributed by atoms with Crippen molar-refractivity contribution in [3.63, 3.8) is 0 Å². The molecule has 0 saturated heterocycles. The standard InChI is InChI=1S/C17H21NO/c1-5-6-9-15(2)16(3)14-17(11-13-19-4)10-7-8-12-18/h5-9,11-14,18H,1-3,10H2,4H3/b8-7-,9-6-,13-11-,17-14-,18-12?. The van der Waals surface area contributed by atoms with E-state index < -0.39 is 0 Å². The van der Waals surface area contributed by atoms with Crippen LogP contribution in [0, 0.1) is 5.41 Å². The van der Waals surface area contributed by atoms with Crippen LogP contribution in [-0.4, -0.2) is 13.3 Å². The Labute approximate surface area is 116 Å². The van der Waals surface area contributed by atoms with Gasteiger partial charge in [-0.05, 0) is 35.3 Å². The molecule has 0 atom stereocenters. The lowest BCUT2D eigenvalue weighted by Gasteiger charge is -2.02. The van der Waals surface area contributed by atoms with Crippen molar-refractivity contribution in [1.82, 2.24) is 0 Å². The van der Waals surface area contributed by atoms with E-state index in [1.54, 1.807) is 25.5 Å². The Bertz CT molecular complexity index is 448. The zero-order valence-corrected chi connectivity index (χ0v) is 11.4. The van der Waals surface area contributed by atoms with Crippen molar-refractivity contribution in [3.8, 4) is 0 Å². The maximum Gasteiger partial charge on any atom is 0.0827 e. The van der Waals surface area contributed by atoms with Crippen LogP contribution in [0.4, 0.5) is 0 Å². The van der Waals surface area contributed by atoms with Crippen LogP contribution in [0.2, 0.25) is 0 Å². The molecule has 0 aromatic rings. The molecule has 100 valence electrons. The Morgan fingerprint density at radius 2 is 1.89 bits per heavy atom. The van der Waals surface area contributed by atoms with E-state index in [1.807, 2.05) is 30.4 Å². The van der Waals surface area contributed by atoms with E-state index in [2.05, 4.69) is 19.7 Å². The van der Waals surface area contributed by atoms with Crippen LogP contribution in [0.3, 0.4) is 0 Å². The van der Waals surface area contributed by atoms with Crippen LogP contribution in [0.25, 0.3) is 0 Å². The van der Waals surface area contributed by atoms with Gasteiger partial charge in [0.1, 0.15) is 0 Å². The number of nitrogens with one attached hydrogen (secondary N) is 1. The fraction of sp³-hybridized carbons (Fsp3) is 0.118. The fourth-order valence-corrected chi connectivity index (χ4v) is 1.21. The summed E-state index contributed by atoms with van der Waals surface area (Å²) in [6.45, 7) is 11.5. The maximum absolute atomic E-state index is 6.95. The smallest absolute Gasteiger partial charge is 0.0827 e. The molecule has 0 fully saturated rings. The van der Waals surface area contributed by atoms with Gasteiger partial charge >= 0.3 is 0 Å². The van der Waals surface area contributed by atoms with Gasteiger partial charge in [-0.2, -0.15) is 0 Å². The molecule has 19 heavy (non-hydrogen) atoms. The van der Waals surface area contributed by atoms with Gasteiger partial charge in [-0.3, -0.25) is 0 Å². The lowest BCUT2D eigenvalue weighted by Crippen LogP contribution is -1.84. The summed E-state index contributed by atoms with van der Waals surface area (Å²) in [6.07, 6.45) is 16.3. The second-order valence-electron chi connectivity index (χ2n) is 3.70. The molecule has 0 heterocycles. The summed E-state index contributed by atoms with van der Waals surface area (Å²) >= 11 is 0. The minimum absolute atomic E-state index is 0.701. The maximum atomic E-state index is 6.95. The molecule has 0 aromatic heterocycles. The van der Waals surface area contributed by atoms with Crippen molar-refractivity contribution in [2.75, 3.05) is 7.11 Å². The molecule has 0 spiro atoms. The normalized spacial score (nSPS) is 12.2. The summed E-state index contributed by atoms with van der Waals surface area (Å²) in [5.41, 5.74) is 2.69. The van der Waals surface area contributed by atoms with E-state index in [0.717, 1.165) is 16.7 Å². The first-order valence-corrected chi connectivity index (χ1v) is 5.88. The van der Waals surface area contributed by atoms with Gasteiger partial charge in [-0.25, -0.2) is 0 Å². The van der Waals surface area contributed by atoms with Gasteiger partial charge in [0.2, 0.25) is 0 Å². The Morgan fingerprint density at radius 1 is 1.16 bits per heavy atom. The van der Waals surface area contributed by atoms with Crippen molar-refractivity contribution < 1.29 is 4.74 Å². The van der Waals surface area contributed by atoms with E-state index in [-0.39, 0.29) is 0 Å². The van der Waals surface area contributed by atoms with Gasteiger partial charge < -0.3 is 10.1 Å². The summed E-state index contributed by atoms with van der Waals surface area (Å²) in [6, 6.07) is 0. The molecule has 0 unspecified atom stereocenters. The Morgan fingerprint density at radius 3 is 2.47 bits per heavy atom. The molecular formula is C17H21NO. The number of hydrogen-bond donors (Lipinski definition) is 1. The highest BCUT2D eigenvalue weighted by molar-refractivity contribution is 5.67. The number of methoxy groups -OCH3 is 1. The summed E-state index contributed by atoms with van der Waals surface area (Å²) < 4.78 is 4.92. The van der Waals surface area contributed by atoms with Crippen LogP contribution < -0.4 is 0 Å². The van der Waals surface area contributed by atoms with Crippen LogP contribution in [0.5, 0.6) is 0 Å². The minimum Gasteiger partial charge on any atom is -0.504 e. The average Bonchev–Trinajstić information content (AvgIpc) is 2.41. The molecule has 0 bridgehead atoms. The zero-order chi connectivity index (χ0) is 14.5. The molecule has 0 aliphatic heterocycles. The monoisotopic (exact) mass is 255 g/mol. The van der Waals surface area contributed by atoms with Crippen molar-refractivity contribution in [2.45, 2.75) is 6.42 Å². The van der Waals surface area contributed by atoms with Gasteiger partial charge in [-0.1, -0.05) is 50.1 Å². The molecule has 0 saturated carbocycles. The average molecular weight is 255 g/mol. The third-order valence-corrected chi connectivity index (χ3v) is 2.21. The van der Waals surface area contributed by atoms with E-state index >= 15 is 0 Å². The predicted octanol–water partition coefficient (Wildman–Crippen LogP) is 4.52. The van der Waals surface area contributed by atoms with Gasteiger partial charge in [-0.15, -0.1) is 0 Å². The minimum atomic E-state index is 0.701. The molecular weight excluding hydrogens is 234 g/mol. The largest absolute Gasteiger partial charge is 0.504 e. The molecule has 0 amide bonds. The topological polar surface area (TPSA) is 33.1 Å². The third kappa shape index (κ3) is 8.38. The van der Waals surface area contributed by atoms with E-state index in [0.29, 0.717) is 6.42 Å². The lowest BCUT2D eigenvalue weighted by molar-refractivity contribution is 0.337. The van der Waals surface area contributed by atoms with Crippen molar-refractivity contribution in [1.29, 1.82) is 5.41 Å². The van der Waals surface area contributed by atoms with Gasteiger partial charge in [0.05, 0.1) is 13.4 Å². The summed E-state index contributed by atoms with van der Waals surface area (Å²) in [7, 11) is 1.60. The highest BCUT2D eigenvalue weighted by Gasteiger charge is 1.96. The van der Waals surface area contributed by atoms with Crippen LogP contribution in [0.15, 0.2) is 85.3 Å². The van der Waals surface area contributed by atoms with Gasteiger partial charge in [0, 0.05) is 6.21 Å². The molecule has 2 heteroatoms. The van der Waals surface area contributed by atoms with Gasteiger partial charge in [0.25, 0.3) is 0 Å². The van der Waals surface area contributed by atoms with Gasteiger partial charge in [0.15, 0.2) is 0 Å². The number of hydrogen-bond acceptors (Lipinski definition) is 2. The Kier molecular flexibility index (Phi) is 9.45. The Hall–Kier alpha value is -2.35. The second kappa shape index (κ2) is 10.8.